The molecule has 1 aliphatic rings. The van der Waals surface area contributed by atoms with Crippen molar-refractivity contribution in [3.63, 3.8) is 0 Å². The maximum Gasteiger partial charge on any atom is 0.183 e. The standard InChI is InChI=1S/C21H22N4O3/c1-14(26)20-21(25(24-23-20)16-7-9-17(27-2)10-8-16)22-13-19-18-6-4-3-5-15(18)11-12-28-19/h3-10,19,22H,11-13H2,1-2H3. The quantitative estimate of drug-likeness (QED) is 0.664. The van der Waals surface area contributed by atoms with Crippen LogP contribution in [0.5, 0.6) is 5.75 Å². The summed E-state index contributed by atoms with van der Waals surface area (Å²) in [5.74, 6) is 1.16. The van der Waals surface area contributed by atoms with E-state index in [2.05, 4.69) is 27.8 Å². The summed E-state index contributed by atoms with van der Waals surface area (Å²) in [6, 6.07) is 15.7. The van der Waals surface area contributed by atoms with Crippen molar-refractivity contribution >= 4 is 11.6 Å². The number of methoxy groups -OCH3 is 1. The van der Waals surface area contributed by atoms with Crippen molar-refractivity contribution in [1.29, 1.82) is 0 Å². The van der Waals surface area contributed by atoms with E-state index in [-0.39, 0.29) is 11.9 Å². The lowest BCUT2D eigenvalue weighted by atomic mass is 9.97. The summed E-state index contributed by atoms with van der Waals surface area (Å²) < 4.78 is 12.8. The van der Waals surface area contributed by atoms with Crippen LogP contribution in [0.15, 0.2) is 48.5 Å². The summed E-state index contributed by atoms with van der Waals surface area (Å²) in [5, 5.41) is 11.6. The highest BCUT2D eigenvalue weighted by Crippen LogP contribution is 2.28. The van der Waals surface area contributed by atoms with Gasteiger partial charge < -0.3 is 14.8 Å². The largest absolute Gasteiger partial charge is 0.497 e. The van der Waals surface area contributed by atoms with Crippen molar-refractivity contribution in [2.45, 2.75) is 19.4 Å². The number of hydrogen-bond donors (Lipinski definition) is 1. The number of benzene rings is 2. The van der Waals surface area contributed by atoms with E-state index in [1.54, 1.807) is 11.8 Å². The molecule has 1 atom stereocenters. The molecule has 0 bridgehead atoms. The molecule has 0 spiro atoms. The first-order valence-electron chi connectivity index (χ1n) is 9.21. The van der Waals surface area contributed by atoms with Gasteiger partial charge in [-0.1, -0.05) is 29.5 Å². The van der Waals surface area contributed by atoms with E-state index in [1.807, 2.05) is 36.4 Å². The Balaban J connectivity index is 1.62. The Kier molecular flexibility index (Phi) is 5.08. The van der Waals surface area contributed by atoms with Crippen molar-refractivity contribution < 1.29 is 14.3 Å². The van der Waals surface area contributed by atoms with Gasteiger partial charge in [0.05, 0.1) is 25.5 Å². The van der Waals surface area contributed by atoms with Crippen molar-refractivity contribution in [3.8, 4) is 11.4 Å². The number of aromatic nitrogens is 3. The average Bonchev–Trinajstić information content (AvgIpc) is 3.16. The molecule has 144 valence electrons. The first-order valence-corrected chi connectivity index (χ1v) is 9.21. The van der Waals surface area contributed by atoms with Gasteiger partial charge in [0.2, 0.25) is 0 Å². The van der Waals surface area contributed by atoms with Crippen LogP contribution in [0.4, 0.5) is 5.82 Å². The lowest BCUT2D eigenvalue weighted by Gasteiger charge is -2.26. The van der Waals surface area contributed by atoms with Crippen LogP contribution in [0.2, 0.25) is 0 Å². The second-order valence-corrected chi connectivity index (χ2v) is 6.64. The molecule has 2 aromatic carbocycles. The third-order valence-corrected chi connectivity index (χ3v) is 4.87. The van der Waals surface area contributed by atoms with E-state index in [0.717, 1.165) is 17.9 Å². The third kappa shape index (κ3) is 3.48. The maximum atomic E-state index is 12.1. The topological polar surface area (TPSA) is 78.3 Å². The molecular weight excluding hydrogens is 356 g/mol. The highest BCUT2D eigenvalue weighted by atomic mass is 16.5. The van der Waals surface area contributed by atoms with Crippen LogP contribution >= 0.6 is 0 Å². The normalized spacial score (nSPS) is 15.7. The number of hydrogen-bond acceptors (Lipinski definition) is 6. The van der Waals surface area contributed by atoms with Gasteiger partial charge in [-0.25, -0.2) is 0 Å². The van der Waals surface area contributed by atoms with Gasteiger partial charge in [0.25, 0.3) is 0 Å². The van der Waals surface area contributed by atoms with E-state index in [9.17, 15) is 4.79 Å². The molecule has 2 heterocycles. The summed E-state index contributed by atoms with van der Waals surface area (Å²) in [7, 11) is 1.62. The second-order valence-electron chi connectivity index (χ2n) is 6.64. The van der Waals surface area contributed by atoms with Gasteiger partial charge in [-0.3, -0.25) is 4.79 Å². The van der Waals surface area contributed by atoms with Gasteiger partial charge in [-0.15, -0.1) is 5.10 Å². The number of nitrogens with zero attached hydrogens (tertiary/aromatic N) is 3. The molecule has 3 aromatic rings. The van der Waals surface area contributed by atoms with Gasteiger partial charge in [-0.05, 0) is 41.8 Å². The number of Topliss-reactive ketones (excluding diaryl/α,β-unsaturated/α-hetero) is 1. The highest BCUT2D eigenvalue weighted by molar-refractivity contribution is 5.96. The Labute approximate surface area is 163 Å². The molecule has 0 radical (unpaired) electrons. The van der Waals surface area contributed by atoms with Gasteiger partial charge in [0.15, 0.2) is 17.3 Å². The van der Waals surface area contributed by atoms with Crippen LogP contribution in [0, 0.1) is 0 Å². The SMILES string of the molecule is COc1ccc(-n2nnc(C(C)=O)c2NCC2OCCc3ccccc32)cc1. The summed E-state index contributed by atoms with van der Waals surface area (Å²) in [6.45, 7) is 2.68. The number of carbonyl (C=O) groups is 1. The molecule has 1 aliphatic heterocycles. The summed E-state index contributed by atoms with van der Waals surface area (Å²) in [5.41, 5.74) is 3.57. The van der Waals surface area contributed by atoms with E-state index < -0.39 is 0 Å². The fourth-order valence-electron chi connectivity index (χ4n) is 3.42. The van der Waals surface area contributed by atoms with E-state index >= 15 is 0 Å². The zero-order valence-corrected chi connectivity index (χ0v) is 15.9. The molecular formula is C21H22N4O3. The molecule has 7 heteroatoms. The number of carbonyl (C=O) groups excluding carboxylic acids is 1. The molecule has 4 rings (SSSR count). The molecule has 1 unspecified atom stereocenters. The first kappa shape index (κ1) is 18.2. The number of nitrogens with one attached hydrogen (secondary N) is 1. The van der Waals surface area contributed by atoms with Crippen LogP contribution in [0.3, 0.4) is 0 Å². The summed E-state index contributed by atoms with van der Waals surface area (Å²) >= 11 is 0. The fraction of sp³-hybridized carbons (Fsp3) is 0.286. The molecule has 0 saturated carbocycles. The number of anilines is 1. The Hall–Kier alpha value is -3.19. The Morgan fingerprint density at radius 3 is 2.79 bits per heavy atom. The van der Waals surface area contributed by atoms with E-state index in [0.29, 0.717) is 24.7 Å². The predicted molar refractivity (Wildman–Crippen MR) is 105 cm³/mol. The van der Waals surface area contributed by atoms with Crippen molar-refractivity contribution in [3.05, 3.63) is 65.4 Å². The minimum Gasteiger partial charge on any atom is -0.497 e. The molecule has 7 nitrogen and oxygen atoms in total. The number of ketones is 1. The number of fused-ring (bicyclic) bond motifs is 1. The number of ether oxygens (including phenoxy) is 2. The molecule has 0 fully saturated rings. The van der Waals surface area contributed by atoms with Crippen LogP contribution in [-0.2, 0) is 11.2 Å². The van der Waals surface area contributed by atoms with Gasteiger partial charge in [-0.2, -0.15) is 4.68 Å². The zero-order chi connectivity index (χ0) is 19.5. The Bertz CT molecular complexity index is 982. The van der Waals surface area contributed by atoms with Crippen LogP contribution < -0.4 is 10.1 Å². The van der Waals surface area contributed by atoms with Crippen LogP contribution in [-0.4, -0.2) is 41.0 Å². The van der Waals surface area contributed by atoms with Crippen LogP contribution in [0.1, 0.15) is 34.6 Å². The molecule has 0 amide bonds. The van der Waals surface area contributed by atoms with Crippen molar-refractivity contribution in [2.24, 2.45) is 0 Å². The lowest BCUT2D eigenvalue weighted by Crippen LogP contribution is -2.24. The van der Waals surface area contributed by atoms with Gasteiger partial charge in [0, 0.05) is 13.5 Å². The lowest BCUT2D eigenvalue weighted by molar-refractivity contribution is 0.0512. The third-order valence-electron chi connectivity index (χ3n) is 4.87. The van der Waals surface area contributed by atoms with Gasteiger partial charge >= 0.3 is 0 Å². The fourth-order valence-corrected chi connectivity index (χ4v) is 3.42. The minimum atomic E-state index is -0.146. The van der Waals surface area contributed by atoms with E-state index in [1.165, 1.54) is 18.1 Å². The average molecular weight is 378 g/mol. The smallest absolute Gasteiger partial charge is 0.183 e. The van der Waals surface area contributed by atoms with Gasteiger partial charge in [0.1, 0.15) is 5.75 Å². The Morgan fingerprint density at radius 1 is 1.25 bits per heavy atom. The van der Waals surface area contributed by atoms with E-state index in [4.69, 9.17) is 9.47 Å². The molecule has 0 saturated heterocycles. The second kappa shape index (κ2) is 7.82. The maximum absolute atomic E-state index is 12.1. The highest BCUT2D eigenvalue weighted by Gasteiger charge is 2.23. The zero-order valence-electron chi connectivity index (χ0n) is 15.9. The van der Waals surface area contributed by atoms with Crippen molar-refractivity contribution in [2.75, 3.05) is 25.6 Å². The van der Waals surface area contributed by atoms with Crippen molar-refractivity contribution in [1.82, 2.24) is 15.0 Å². The molecule has 28 heavy (non-hydrogen) atoms. The summed E-state index contributed by atoms with van der Waals surface area (Å²) in [4.78, 5) is 12.1. The van der Waals surface area contributed by atoms with Crippen LogP contribution in [0.25, 0.3) is 5.69 Å². The Morgan fingerprint density at radius 2 is 2.04 bits per heavy atom. The number of rotatable bonds is 6. The molecule has 0 aliphatic carbocycles. The summed E-state index contributed by atoms with van der Waals surface area (Å²) in [6.07, 6.45) is 0.820. The monoisotopic (exact) mass is 378 g/mol. The minimum absolute atomic E-state index is 0.0935. The molecule has 1 aromatic heterocycles. The first-order chi connectivity index (χ1) is 13.7. The molecule has 1 N–H and O–H groups in total. The predicted octanol–water partition coefficient (Wildman–Crippen LogP) is 3.20.